The van der Waals surface area contributed by atoms with Crippen molar-refractivity contribution in [2.24, 2.45) is 0 Å². The van der Waals surface area contributed by atoms with Crippen LogP contribution in [0.1, 0.15) is 31.5 Å². The highest BCUT2D eigenvalue weighted by molar-refractivity contribution is 6.31. The first-order valence-corrected chi connectivity index (χ1v) is 6.36. The Balaban J connectivity index is 2.16. The van der Waals surface area contributed by atoms with Crippen LogP contribution in [0, 0.1) is 0 Å². The van der Waals surface area contributed by atoms with E-state index in [9.17, 15) is 5.11 Å². The van der Waals surface area contributed by atoms with Crippen molar-refractivity contribution in [3.63, 3.8) is 0 Å². The first-order chi connectivity index (χ1) is 8.15. The molecule has 0 bridgehead atoms. The van der Waals surface area contributed by atoms with Crippen LogP contribution in [0.3, 0.4) is 0 Å². The summed E-state index contributed by atoms with van der Waals surface area (Å²) in [5.41, 5.74) is 2.00. The Morgan fingerprint density at radius 2 is 2.29 bits per heavy atom. The van der Waals surface area contributed by atoms with Gasteiger partial charge in [-0.05, 0) is 38.0 Å². The third-order valence-electron chi connectivity index (χ3n) is 3.13. The fourth-order valence-corrected chi connectivity index (χ4v) is 2.40. The molecule has 0 aliphatic heterocycles. The molecule has 1 saturated carbocycles. The van der Waals surface area contributed by atoms with Crippen molar-refractivity contribution < 1.29 is 5.11 Å². The molecule has 1 atom stereocenters. The Bertz CT molecular complexity index is 558. The van der Waals surface area contributed by atoms with E-state index >= 15 is 0 Å². The molecule has 1 aliphatic carbocycles. The van der Waals surface area contributed by atoms with Crippen molar-refractivity contribution in [3.05, 3.63) is 29.0 Å². The van der Waals surface area contributed by atoms with Gasteiger partial charge in [-0.2, -0.15) is 0 Å². The van der Waals surface area contributed by atoms with E-state index in [1.807, 2.05) is 18.2 Å². The van der Waals surface area contributed by atoms with Gasteiger partial charge in [-0.25, -0.2) is 4.98 Å². The topological polar surface area (TPSA) is 38.0 Å². The van der Waals surface area contributed by atoms with Gasteiger partial charge in [0, 0.05) is 10.9 Å². The molecule has 0 saturated heterocycles. The molecule has 3 rings (SSSR count). The summed E-state index contributed by atoms with van der Waals surface area (Å²) in [7, 11) is 0. The number of benzene rings is 1. The van der Waals surface area contributed by atoms with Gasteiger partial charge in [0.2, 0.25) is 0 Å². The average Bonchev–Trinajstić information content (AvgIpc) is 3.03. The van der Waals surface area contributed by atoms with E-state index in [1.54, 1.807) is 6.92 Å². The van der Waals surface area contributed by atoms with Crippen LogP contribution in [-0.2, 0) is 6.54 Å². The Hall–Kier alpha value is -1.06. The fourth-order valence-electron chi connectivity index (χ4n) is 2.23. The standard InChI is InChI=1S/C13H15ClN2O/c1-8(17)7-16-12-5-4-10(14)6-11(12)15-13(16)9-2-3-9/h4-6,8-9,17H,2-3,7H2,1H3. The van der Waals surface area contributed by atoms with Crippen LogP contribution >= 0.6 is 11.6 Å². The molecule has 1 unspecified atom stereocenters. The molecule has 1 aromatic heterocycles. The van der Waals surface area contributed by atoms with E-state index < -0.39 is 0 Å². The molecular formula is C13H15ClN2O. The largest absolute Gasteiger partial charge is 0.392 e. The number of aliphatic hydroxyl groups excluding tert-OH is 1. The summed E-state index contributed by atoms with van der Waals surface area (Å²) < 4.78 is 2.13. The maximum Gasteiger partial charge on any atom is 0.113 e. The number of halogens is 1. The highest BCUT2D eigenvalue weighted by Gasteiger charge is 2.29. The molecule has 1 fully saturated rings. The number of fused-ring (bicyclic) bond motifs is 1. The van der Waals surface area contributed by atoms with E-state index in [0.717, 1.165) is 16.9 Å². The van der Waals surface area contributed by atoms with Gasteiger partial charge in [-0.1, -0.05) is 11.6 Å². The monoisotopic (exact) mass is 250 g/mol. The molecule has 1 heterocycles. The lowest BCUT2D eigenvalue weighted by Gasteiger charge is -2.10. The van der Waals surface area contributed by atoms with Crippen LogP contribution in [0.4, 0.5) is 0 Å². The smallest absolute Gasteiger partial charge is 0.113 e. The highest BCUT2D eigenvalue weighted by atomic mass is 35.5. The zero-order valence-corrected chi connectivity index (χ0v) is 10.5. The van der Waals surface area contributed by atoms with E-state index in [0.29, 0.717) is 17.5 Å². The predicted molar refractivity (Wildman–Crippen MR) is 68.4 cm³/mol. The predicted octanol–water partition coefficient (Wildman–Crippen LogP) is 2.95. The minimum atomic E-state index is -0.361. The van der Waals surface area contributed by atoms with Crippen LogP contribution < -0.4 is 0 Å². The maximum absolute atomic E-state index is 9.59. The molecule has 1 aliphatic rings. The zero-order chi connectivity index (χ0) is 12.0. The van der Waals surface area contributed by atoms with Crippen LogP contribution in [0.5, 0.6) is 0 Å². The first kappa shape index (κ1) is 11.1. The van der Waals surface area contributed by atoms with E-state index in [4.69, 9.17) is 11.6 Å². The molecule has 1 N–H and O–H groups in total. The van der Waals surface area contributed by atoms with E-state index in [-0.39, 0.29) is 6.10 Å². The lowest BCUT2D eigenvalue weighted by molar-refractivity contribution is 0.174. The average molecular weight is 251 g/mol. The van der Waals surface area contributed by atoms with Gasteiger partial charge in [-0.15, -0.1) is 0 Å². The Labute approximate surface area is 105 Å². The number of hydrogen-bond donors (Lipinski definition) is 1. The minimum Gasteiger partial charge on any atom is -0.392 e. The van der Waals surface area contributed by atoms with Crippen LogP contribution in [0.15, 0.2) is 18.2 Å². The van der Waals surface area contributed by atoms with Crippen molar-refractivity contribution in [3.8, 4) is 0 Å². The number of rotatable bonds is 3. The first-order valence-electron chi connectivity index (χ1n) is 5.99. The Kier molecular flexibility index (Phi) is 2.60. The summed E-state index contributed by atoms with van der Waals surface area (Å²) >= 11 is 5.98. The van der Waals surface area contributed by atoms with Crippen molar-refractivity contribution >= 4 is 22.6 Å². The van der Waals surface area contributed by atoms with Crippen LogP contribution in [0.2, 0.25) is 5.02 Å². The number of hydrogen-bond acceptors (Lipinski definition) is 2. The van der Waals surface area contributed by atoms with Crippen molar-refractivity contribution in [2.45, 2.75) is 38.3 Å². The van der Waals surface area contributed by atoms with Gasteiger partial charge in [0.25, 0.3) is 0 Å². The Morgan fingerprint density at radius 1 is 1.53 bits per heavy atom. The molecule has 17 heavy (non-hydrogen) atoms. The van der Waals surface area contributed by atoms with Gasteiger partial charge in [0.15, 0.2) is 0 Å². The molecule has 4 heteroatoms. The molecule has 90 valence electrons. The van der Waals surface area contributed by atoms with Crippen LogP contribution in [0.25, 0.3) is 11.0 Å². The third kappa shape index (κ3) is 2.05. The second-order valence-electron chi connectivity index (χ2n) is 4.84. The fraction of sp³-hybridized carbons (Fsp3) is 0.462. The SMILES string of the molecule is CC(O)Cn1c(C2CC2)nc2cc(Cl)ccc21. The summed E-state index contributed by atoms with van der Waals surface area (Å²) in [6.45, 7) is 2.41. The number of aliphatic hydroxyl groups is 1. The van der Waals surface area contributed by atoms with Gasteiger partial charge >= 0.3 is 0 Å². The number of imidazole rings is 1. The van der Waals surface area contributed by atoms with Crippen molar-refractivity contribution in [1.29, 1.82) is 0 Å². The quantitative estimate of drug-likeness (QED) is 0.910. The van der Waals surface area contributed by atoms with E-state index in [1.165, 1.54) is 12.8 Å². The molecule has 2 aromatic rings. The third-order valence-corrected chi connectivity index (χ3v) is 3.36. The molecular weight excluding hydrogens is 236 g/mol. The highest BCUT2D eigenvalue weighted by Crippen LogP contribution is 2.40. The van der Waals surface area contributed by atoms with Gasteiger partial charge < -0.3 is 9.67 Å². The number of aromatic nitrogens is 2. The van der Waals surface area contributed by atoms with Gasteiger partial charge in [-0.3, -0.25) is 0 Å². The molecule has 0 amide bonds. The molecule has 3 nitrogen and oxygen atoms in total. The lowest BCUT2D eigenvalue weighted by Crippen LogP contribution is -2.13. The van der Waals surface area contributed by atoms with Gasteiger partial charge in [0.05, 0.1) is 23.7 Å². The lowest BCUT2D eigenvalue weighted by atomic mass is 10.3. The maximum atomic E-state index is 9.59. The van der Waals surface area contributed by atoms with Crippen molar-refractivity contribution in [1.82, 2.24) is 9.55 Å². The molecule has 0 spiro atoms. The van der Waals surface area contributed by atoms with E-state index in [2.05, 4.69) is 9.55 Å². The summed E-state index contributed by atoms with van der Waals surface area (Å²) in [6.07, 6.45) is 2.05. The second kappa shape index (κ2) is 4.00. The zero-order valence-electron chi connectivity index (χ0n) is 9.73. The molecule has 1 aromatic carbocycles. The summed E-state index contributed by atoms with van der Waals surface area (Å²) in [5, 5.41) is 10.3. The van der Waals surface area contributed by atoms with Crippen LogP contribution in [-0.4, -0.2) is 20.8 Å². The summed E-state index contributed by atoms with van der Waals surface area (Å²) in [6, 6.07) is 5.75. The Morgan fingerprint density at radius 3 is 2.94 bits per heavy atom. The van der Waals surface area contributed by atoms with Crippen molar-refractivity contribution in [2.75, 3.05) is 0 Å². The second-order valence-corrected chi connectivity index (χ2v) is 5.27. The number of nitrogens with zero attached hydrogens (tertiary/aromatic N) is 2. The summed E-state index contributed by atoms with van der Waals surface area (Å²) in [5.74, 6) is 1.67. The molecule has 0 radical (unpaired) electrons. The minimum absolute atomic E-state index is 0.361. The summed E-state index contributed by atoms with van der Waals surface area (Å²) in [4.78, 5) is 4.66. The normalized spacial score (nSPS) is 17.6. The van der Waals surface area contributed by atoms with Gasteiger partial charge in [0.1, 0.15) is 5.82 Å².